The number of nitrogens with zero attached hydrogens (tertiary/aromatic N) is 2. The fourth-order valence-corrected chi connectivity index (χ4v) is 4.35. The minimum absolute atomic E-state index is 0.0480. The number of likely N-dealkylation sites (tertiary alicyclic amines) is 1. The van der Waals surface area contributed by atoms with Crippen LogP contribution in [0.25, 0.3) is 0 Å². The van der Waals surface area contributed by atoms with Gasteiger partial charge in [0.25, 0.3) is 0 Å². The van der Waals surface area contributed by atoms with E-state index in [0.29, 0.717) is 18.7 Å². The maximum absolute atomic E-state index is 12.2. The molecular formula is C17H22N2O3S. The number of rotatable bonds is 6. The lowest BCUT2D eigenvalue weighted by atomic mass is 10.2. The van der Waals surface area contributed by atoms with E-state index < -0.39 is 0 Å². The molecule has 0 radical (unpaired) electrons. The van der Waals surface area contributed by atoms with E-state index in [1.807, 2.05) is 34.1 Å². The lowest BCUT2D eigenvalue weighted by Crippen LogP contribution is -2.33. The lowest BCUT2D eigenvalue weighted by Gasteiger charge is -2.25. The lowest BCUT2D eigenvalue weighted by molar-refractivity contribution is -0.128. The summed E-state index contributed by atoms with van der Waals surface area (Å²) in [5.41, 5.74) is 1.09. The molecule has 2 aliphatic heterocycles. The van der Waals surface area contributed by atoms with Crippen molar-refractivity contribution in [3.8, 4) is 5.75 Å². The summed E-state index contributed by atoms with van der Waals surface area (Å²) < 4.78 is 5.28. The second kappa shape index (κ2) is 7.25. The van der Waals surface area contributed by atoms with Gasteiger partial charge in [-0.05, 0) is 30.5 Å². The molecule has 1 atom stereocenters. The van der Waals surface area contributed by atoms with Crippen molar-refractivity contribution in [2.45, 2.75) is 24.6 Å². The van der Waals surface area contributed by atoms with Gasteiger partial charge < -0.3 is 14.5 Å². The van der Waals surface area contributed by atoms with Gasteiger partial charge in [0.1, 0.15) is 11.1 Å². The Balaban J connectivity index is 1.61. The average Bonchev–Trinajstić information content (AvgIpc) is 3.14. The third-order valence-electron chi connectivity index (χ3n) is 4.35. The fourth-order valence-electron chi connectivity index (χ4n) is 3.14. The molecule has 6 heteroatoms. The Morgan fingerprint density at radius 3 is 2.87 bits per heavy atom. The molecule has 1 unspecified atom stereocenters. The highest BCUT2D eigenvalue weighted by atomic mass is 32.2. The summed E-state index contributed by atoms with van der Waals surface area (Å²) >= 11 is 1.65. The molecular weight excluding hydrogens is 312 g/mol. The van der Waals surface area contributed by atoms with Crippen LogP contribution in [0.2, 0.25) is 0 Å². The molecule has 5 nitrogen and oxygen atoms in total. The Kier molecular flexibility index (Phi) is 5.10. The van der Waals surface area contributed by atoms with Crippen molar-refractivity contribution in [2.24, 2.45) is 0 Å². The summed E-state index contributed by atoms with van der Waals surface area (Å²) in [6.45, 7) is 2.30. The van der Waals surface area contributed by atoms with E-state index in [1.165, 1.54) is 0 Å². The monoisotopic (exact) mass is 334 g/mol. The molecule has 1 aromatic rings. The molecule has 0 aromatic heterocycles. The van der Waals surface area contributed by atoms with Crippen LogP contribution in [0.5, 0.6) is 5.75 Å². The normalized spacial score (nSPS) is 21.3. The van der Waals surface area contributed by atoms with Crippen molar-refractivity contribution in [3.63, 3.8) is 0 Å². The van der Waals surface area contributed by atoms with Crippen molar-refractivity contribution in [2.75, 3.05) is 32.5 Å². The molecule has 124 valence electrons. The second-order valence-corrected chi connectivity index (χ2v) is 6.93. The SMILES string of the molecule is COc1cccc(C2SCC(=O)N2CCCN2CCCC2=O)c1. The van der Waals surface area contributed by atoms with Gasteiger partial charge in [-0.25, -0.2) is 0 Å². The van der Waals surface area contributed by atoms with Gasteiger partial charge in [0, 0.05) is 26.1 Å². The first-order valence-electron chi connectivity index (χ1n) is 8.02. The predicted octanol–water partition coefficient (Wildman–Crippen LogP) is 2.28. The first kappa shape index (κ1) is 16.2. The molecule has 2 heterocycles. The number of benzene rings is 1. The molecule has 23 heavy (non-hydrogen) atoms. The van der Waals surface area contributed by atoms with Crippen molar-refractivity contribution in [1.29, 1.82) is 0 Å². The first-order chi connectivity index (χ1) is 11.2. The zero-order chi connectivity index (χ0) is 16.2. The molecule has 2 fully saturated rings. The number of methoxy groups -OCH3 is 1. The van der Waals surface area contributed by atoms with E-state index in [1.54, 1.807) is 18.9 Å². The minimum atomic E-state index is 0.0480. The molecule has 2 aliphatic rings. The maximum Gasteiger partial charge on any atom is 0.233 e. The topological polar surface area (TPSA) is 49.9 Å². The van der Waals surface area contributed by atoms with Gasteiger partial charge >= 0.3 is 0 Å². The second-order valence-electron chi connectivity index (χ2n) is 5.87. The quantitative estimate of drug-likeness (QED) is 0.801. The van der Waals surface area contributed by atoms with Crippen molar-refractivity contribution >= 4 is 23.6 Å². The van der Waals surface area contributed by atoms with Crippen molar-refractivity contribution < 1.29 is 14.3 Å². The van der Waals surface area contributed by atoms with Gasteiger partial charge in [0.15, 0.2) is 0 Å². The third kappa shape index (κ3) is 3.63. The zero-order valence-electron chi connectivity index (χ0n) is 13.4. The van der Waals surface area contributed by atoms with Crippen LogP contribution in [0.4, 0.5) is 0 Å². The largest absolute Gasteiger partial charge is 0.497 e. The van der Waals surface area contributed by atoms with Crippen LogP contribution in [-0.2, 0) is 9.59 Å². The number of carbonyl (C=O) groups is 2. The first-order valence-corrected chi connectivity index (χ1v) is 9.06. The fraction of sp³-hybridized carbons (Fsp3) is 0.529. The van der Waals surface area contributed by atoms with E-state index in [9.17, 15) is 9.59 Å². The summed E-state index contributed by atoms with van der Waals surface area (Å²) in [7, 11) is 1.65. The zero-order valence-corrected chi connectivity index (χ0v) is 14.2. The van der Waals surface area contributed by atoms with Gasteiger partial charge in [-0.3, -0.25) is 9.59 Å². The van der Waals surface area contributed by atoms with Gasteiger partial charge in [-0.2, -0.15) is 0 Å². The molecule has 0 aliphatic carbocycles. The van der Waals surface area contributed by atoms with E-state index >= 15 is 0 Å². The number of amides is 2. The van der Waals surface area contributed by atoms with Gasteiger partial charge in [-0.1, -0.05) is 12.1 Å². The van der Waals surface area contributed by atoms with Gasteiger partial charge in [0.2, 0.25) is 11.8 Å². The Morgan fingerprint density at radius 1 is 1.26 bits per heavy atom. The third-order valence-corrected chi connectivity index (χ3v) is 5.60. The molecule has 0 bridgehead atoms. The van der Waals surface area contributed by atoms with Crippen molar-refractivity contribution in [3.05, 3.63) is 29.8 Å². The standard InChI is InChI=1S/C17H22N2O3S/c1-22-14-6-2-5-13(11-14)17-19(16(21)12-23-17)10-4-9-18-8-3-7-15(18)20/h2,5-6,11,17H,3-4,7-10,12H2,1H3. The Bertz CT molecular complexity index is 593. The van der Waals surface area contributed by atoms with Crippen LogP contribution in [0.15, 0.2) is 24.3 Å². The van der Waals surface area contributed by atoms with Crippen LogP contribution in [0.3, 0.4) is 0 Å². The Labute approximate surface area is 141 Å². The van der Waals surface area contributed by atoms with Crippen LogP contribution in [0.1, 0.15) is 30.2 Å². The van der Waals surface area contributed by atoms with E-state index in [4.69, 9.17) is 4.74 Å². The number of ether oxygens (including phenoxy) is 1. The van der Waals surface area contributed by atoms with Crippen LogP contribution in [-0.4, -0.2) is 54.1 Å². The highest BCUT2D eigenvalue weighted by molar-refractivity contribution is 8.00. The van der Waals surface area contributed by atoms with E-state index in [0.717, 1.165) is 37.2 Å². The molecule has 1 aromatic carbocycles. The highest BCUT2D eigenvalue weighted by Gasteiger charge is 2.32. The highest BCUT2D eigenvalue weighted by Crippen LogP contribution is 2.39. The maximum atomic E-state index is 12.2. The van der Waals surface area contributed by atoms with Crippen LogP contribution < -0.4 is 4.74 Å². The molecule has 3 rings (SSSR count). The molecule has 0 spiro atoms. The summed E-state index contributed by atoms with van der Waals surface area (Å²) in [6.07, 6.45) is 2.47. The Hall–Kier alpha value is -1.69. The summed E-state index contributed by atoms with van der Waals surface area (Å²) in [5.74, 6) is 1.75. The summed E-state index contributed by atoms with van der Waals surface area (Å²) in [6, 6.07) is 7.90. The van der Waals surface area contributed by atoms with Gasteiger partial charge in [-0.15, -0.1) is 11.8 Å². The predicted molar refractivity (Wildman–Crippen MR) is 90.3 cm³/mol. The van der Waals surface area contributed by atoms with Crippen LogP contribution in [0, 0.1) is 0 Å². The van der Waals surface area contributed by atoms with Crippen molar-refractivity contribution in [1.82, 2.24) is 9.80 Å². The molecule has 2 saturated heterocycles. The van der Waals surface area contributed by atoms with E-state index in [-0.39, 0.29) is 17.2 Å². The van der Waals surface area contributed by atoms with Crippen LogP contribution >= 0.6 is 11.8 Å². The number of thioether (sulfide) groups is 1. The smallest absolute Gasteiger partial charge is 0.233 e. The Morgan fingerprint density at radius 2 is 2.13 bits per heavy atom. The number of hydrogen-bond acceptors (Lipinski definition) is 4. The average molecular weight is 334 g/mol. The minimum Gasteiger partial charge on any atom is -0.497 e. The molecule has 0 N–H and O–H groups in total. The number of hydrogen-bond donors (Lipinski definition) is 0. The van der Waals surface area contributed by atoms with Gasteiger partial charge in [0.05, 0.1) is 12.9 Å². The molecule has 2 amide bonds. The summed E-state index contributed by atoms with van der Waals surface area (Å²) in [5, 5.41) is 0.0480. The number of carbonyl (C=O) groups excluding carboxylic acids is 2. The summed E-state index contributed by atoms with van der Waals surface area (Å²) in [4.78, 5) is 27.7. The van der Waals surface area contributed by atoms with E-state index in [2.05, 4.69) is 0 Å². The molecule has 0 saturated carbocycles.